The van der Waals surface area contributed by atoms with Gasteiger partial charge in [0.15, 0.2) is 11.5 Å². The Morgan fingerprint density at radius 2 is 1.86 bits per heavy atom. The Morgan fingerprint density at radius 3 is 2.69 bits per heavy atom. The van der Waals surface area contributed by atoms with Gasteiger partial charge in [0.05, 0.1) is 36.7 Å². The Kier molecular flexibility index (Phi) is 4.32. The molecule has 10 heteroatoms. The van der Waals surface area contributed by atoms with E-state index in [2.05, 4.69) is 34.7 Å². The third kappa shape index (κ3) is 3.07. The topological polar surface area (TPSA) is 116 Å². The normalized spacial score (nSPS) is 14.8. The Labute approximate surface area is 165 Å². The Hall–Kier alpha value is -3.53. The Balaban J connectivity index is 1.36. The highest BCUT2D eigenvalue weighted by Crippen LogP contribution is 2.24. The number of nitrogens with one attached hydrogen (secondary N) is 1. The number of fused-ring (bicyclic) bond motifs is 2. The van der Waals surface area contributed by atoms with E-state index in [9.17, 15) is 4.79 Å². The van der Waals surface area contributed by atoms with E-state index in [1.54, 1.807) is 12.7 Å². The predicted molar refractivity (Wildman–Crippen MR) is 109 cm³/mol. The molecule has 0 spiro atoms. The number of aromatic amines is 1. The highest BCUT2D eigenvalue weighted by molar-refractivity contribution is 5.83. The molecule has 0 unspecified atom stereocenters. The second kappa shape index (κ2) is 7.13. The summed E-state index contributed by atoms with van der Waals surface area (Å²) in [5, 5.41) is 9.63. The first kappa shape index (κ1) is 17.6. The molecule has 10 nitrogen and oxygen atoms in total. The standard InChI is InChI=1S/C19H20N8O2/c28-8-7-27-12-24-15-9-13(1-2-14(15)19(27)29)25-3-5-26(6-4-25)18-16-17(21-10-20-16)22-11-23-18/h1-2,9-12,28H,3-8H2,(H,20,21,22,23). The van der Waals surface area contributed by atoms with Crippen LogP contribution >= 0.6 is 0 Å². The largest absolute Gasteiger partial charge is 0.395 e. The number of hydrogen-bond acceptors (Lipinski definition) is 8. The summed E-state index contributed by atoms with van der Waals surface area (Å²) in [4.78, 5) is 37.3. The highest BCUT2D eigenvalue weighted by atomic mass is 16.3. The summed E-state index contributed by atoms with van der Waals surface area (Å²) >= 11 is 0. The van der Waals surface area contributed by atoms with E-state index in [1.807, 2.05) is 18.2 Å². The van der Waals surface area contributed by atoms with Crippen molar-refractivity contribution in [1.29, 1.82) is 0 Å². The minimum Gasteiger partial charge on any atom is -0.395 e. The number of anilines is 2. The molecule has 2 N–H and O–H groups in total. The van der Waals surface area contributed by atoms with Crippen molar-refractivity contribution in [2.75, 3.05) is 42.6 Å². The van der Waals surface area contributed by atoms with Crippen molar-refractivity contribution in [2.24, 2.45) is 0 Å². The number of piperazine rings is 1. The van der Waals surface area contributed by atoms with Crippen LogP contribution in [-0.4, -0.2) is 67.4 Å². The first-order valence-electron chi connectivity index (χ1n) is 9.48. The van der Waals surface area contributed by atoms with E-state index in [1.165, 1.54) is 10.9 Å². The lowest BCUT2D eigenvalue weighted by Gasteiger charge is -2.36. The lowest BCUT2D eigenvalue weighted by Crippen LogP contribution is -2.47. The van der Waals surface area contributed by atoms with Crippen molar-refractivity contribution < 1.29 is 5.11 Å². The average Bonchev–Trinajstić information content (AvgIpc) is 3.25. The summed E-state index contributed by atoms with van der Waals surface area (Å²) in [5.41, 5.74) is 3.10. The van der Waals surface area contributed by atoms with Crippen LogP contribution in [0.1, 0.15) is 0 Å². The van der Waals surface area contributed by atoms with Crippen LogP contribution in [0.4, 0.5) is 11.5 Å². The molecule has 1 saturated heterocycles. The molecule has 4 heterocycles. The molecular formula is C19H20N8O2. The van der Waals surface area contributed by atoms with Crippen LogP contribution < -0.4 is 15.4 Å². The molecule has 0 saturated carbocycles. The number of benzene rings is 1. The molecule has 148 valence electrons. The van der Waals surface area contributed by atoms with Gasteiger partial charge < -0.3 is 19.9 Å². The number of hydrogen-bond donors (Lipinski definition) is 2. The Bertz CT molecular complexity index is 1230. The van der Waals surface area contributed by atoms with Crippen molar-refractivity contribution >= 4 is 33.6 Å². The fourth-order valence-corrected chi connectivity index (χ4v) is 3.78. The van der Waals surface area contributed by atoms with Gasteiger partial charge >= 0.3 is 0 Å². The smallest absolute Gasteiger partial charge is 0.261 e. The highest BCUT2D eigenvalue weighted by Gasteiger charge is 2.21. The molecule has 1 aliphatic rings. The minimum absolute atomic E-state index is 0.0906. The maximum absolute atomic E-state index is 12.5. The molecule has 1 fully saturated rings. The van der Waals surface area contributed by atoms with Gasteiger partial charge in [-0.15, -0.1) is 0 Å². The van der Waals surface area contributed by atoms with Crippen molar-refractivity contribution in [1.82, 2.24) is 29.5 Å². The molecule has 0 amide bonds. The summed E-state index contributed by atoms with van der Waals surface area (Å²) in [6.45, 7) is 3.44. The van der Waals surface area contributed by atoms with Crippen LogP contribution in [0.25, 0.3) is 22.1 Å². The van der Waals surface area contributed by atoms with Crippen LogP contribution in [0.5, 0.6) is 0 Å². The third-order valence-corrected chi connectivity index (χ3v) is 5.30. The Morgan fingerprint density at radius 1 is 1.03 bits per heavy atom. The van der Waals surface area contributed by atoms with E-state index < -0.39 is 0 Å². The number of aliphatic hydroxyl groups excluding tert-OH is 1. The summed E-state index contributed by atoms with van der Waals surface area (Å²) in [7, 11) is 0. The number of aromatic nitrogens is 6. The van der Waals surface area contributed by atoms with E-state index in [0.29, 0.717) is 16.6 Å². The maximum Gasteiger partial charge on any atom is 0.261 e. The van der Waals surface area contributed by atoms with E-state index in [0.717, 1.165) is 43.2 Å². The fourth-order valence-electron chi connectivity index (χ4n) is 3.78. The summed E-state index contributed by atoms with van der Waals surface area (Å²) < 4.78 is 1.43. The van der Waals surface area contributed by atoms with Crippen molar-refractivity contribution in [3.8, 4) is 0 Å². The molecule has 3 aromatic heterocycles. The first-order chi connectivity index (χ1) is 14.2. The zero-order valence-electron chi connectivity index (χ0n) is 15.7. The molecule has 0 atom stereocenters. The molecule has 1 aromatic carbocycles. The van der Waals surface area contributed by atoms with Crippen LogP contribution in [0.2, 0.25) is 0 Å². The molecule has 4 aromatic rings. The van der Waals surface area contributed by atoms with Gasteiger partial charge in [-0.05, 0) is 18.2 Å². The first-order valence-corrected chi connectivity index (χ1v) is 9.48. The third-order valence-electron chi connectivity index (χ3n) is 5.30. The molecule has 29 heavy (non-hydrogen) atoms. The van der Waals surface area contributed by atoms with Crippen LogP contribution in [0, 0.1) is 0 Å². The second-order valence-corrected chi connectivity index (χ2v) is 6.94. The van der Waals surface area contributed by atoms with Gasteiger partial charge in [-0.2, -0.15) is 0 Å². The lowest BCUT2D eigenvalue weighted by molar-refractivity contribution is 0.274. The van der Waals surface area contributed by atoms with E-state index in [4.69, 9.17) is 5.11 Å². The molecule has 0 radical (unpaired) electrons. The van der Waals surface area contributed by atoms with Crippen LogP contribution in [0.3, 0.4) is 0 Å². The average molecular weight is 392 g/mol. The number of rotatable bonds is 4. The zero-order valence-corrected chi connectivity index (χ0v) is 15.7. The maximum atomic E-state index is 12.5. The summed E-state index contributed by atoms with van der Waals surface area (Å²) in [6.07, 6.45) is 4.67. The molecule has 0 aliphatic carbocycles. The van der Waals surface area contributed by atoms with Gasteiger partial charge in [-0.25, -0.2) is 19.9 Å². The van der Waals surface area contributed by atoms with E-state index >= 15 is 0 Å². The summed E-state index contributed by atoms with van der Waals surface area (Å²) in [5.74, 6) is 0.872. The SMILES string of the molecule is O=c1c2ccc(N3CCN(c4ncnc5nc[nH]c45)CC3)cc2ncn1CCO. The number of nitrogens with zero attached hydrogens (tertiary/aromatic N) is 7. The molecule has 5 rings (SSSR count). The monoisotopic (exact) mass is 392 g/mol. The molecular weight excluding hydrogens is 372 g/mol. The second-order valence-electron chi connectivity index (χ2n) is 6.94. The predicted octanol–water partition coefficient (Wildman–Crippen LogP) is 0.382. The van der Waals surface area contributed by atoms with Crippen LogP contribution in [0.15, 0.2) is 42.0 Å². The quantitative estimate of drug-likeness (QED) is 0.512. The lowest BCUT2D eigenvalue weighted by atomic mass is 10.2. The number of aliphatic hydroxyl groups is 1. The van der Waals surface area contributed by atoms with Gasteiger partial charge in [0.2, 0.25) is 0 Å². The van der Waals surface area contributed by atoms with Gasteiger partial charge in [0.1, 0.15) is 11.8 Å². The van der Waals surface area contributed by atoms with Gasteiger partial charge in [-0.1, -0.05) is 0 Å². The van der Waals surface area contributed by atoms with Gasteiger partial charge in [0.25, 0.3) is 5.56 Å². The van der Waals surface area contributed by atoms with Crippen molar-refractivity contribution in [3.05, 3.63) is 47.5 Å². The molecule has 1 aliphatic heterocycles. The van der Waals surface area contributed by atoms with Gasteiger partial charge in [0, 0.05) is 31.9 Å². The van der Waals surface area contributed by atoms with Crippen LogP contribution in [-0.2, 0) is 6.54 Å². The minimum atomic E-state index is -0.132. The van der Waals surface area contributed by atoms with Crippen molar-refractivity contribution in [3.63, 3.8) is 0 Å². The zero-order chi connectivity index (χ0) is 19.8. The van der Waals surface area contributed by atoms with Gasteiger partial charge in [-0.3, -0.25) is 9.36 Å². The molecule has 0 bridgehead atoms. The number of H-pyrrole nitrogens is 1. The summed E-state index contributed by atoms with van der Waals surface area (Å²) in [6, 6.07) is 5.73. The fraction of sp³-hybridized carbons (Fsp3) is 0.316. The van der Waals surface area contributed by atoms with Crippen molar-refractivity contribution in [2.45, 2.75) is 6.54 Å². The number of imidazole rings is 1. The van der Waals surface area contributed by atoms with E-state index in [-0.39, 0.29) is 18.7 Å².